The maximum Gasteiger partial charge on any atom is 0.328 e. The number of amides is 2. The van der Waals surface area contributed by atoms with Gasteiger partial charge in [-0.3, -0.25) is 9.59 Å². The van der Waals surface area contributed by atoms with Crippen LogP contribution in [-0.4, -0.2) is 37.5 Å². The largest absolute Gasteiger partial charge is 0.467 e. The van der Waals surface area contributed by atoms with E-state index in [4.69, 9.17) is 0 Å². The first-order valence-electron chi connectivity index (χ1n) is 7.85. The summed E-state index contributed by atoms with van der Waals surface area (Å²) in [5.74, 6) is -3.34. The number of carbonyl (C=O) groups is 3. The van der Waals surface area contributed by atoms with E-state index in [0.717, 1.165) is 12.1 Å². The number of hydrogen-bond acceptors (Lipinski definition) is 4. The number of halogens is 2. The highest BCUT2D eigenvalue weighted by molar-refractivity contribution is 5.94. The van der Waals surface area contributed by atoms with Gasteiger partial charge in [-0.25, -0.2) is 13.6 Å². The Morgan fingerprint density at radius 3 is 2.44 bits per heavy atom. The minimum absolute atomic E-state index is 0.0585. The molecule has 1 atom stereocenters. The Morgan fingerprint density at radius 2 is 1.88 bits per heavy atom. The highest BCUT2D eigenvalue weighted by Crippen LogP contribution is 2.09. The molecule has 0 fully saturated rings. The van der Waals surface area contributed by atoms with Crippen LogP contribution in [0.15, 0.2) is 18.2 Å². The van der Waals surface area contributed by atoms with E-state index in [1.165, 1.54) is 7.11 Å². The molecule has 1 rings (SSSR count). The van der Waals surface area contributed by atoms with Crippen molar-refractivity contribution < 1.29 is 27.9 Å². The molecule has 0 bridgehead atoms. The molecule has 0 aliphatic heterocycles. The number of ether oxygens (including phenoxy) is 1. The Morgan fingerprint density at radius 1 is 1.20 bits per heavy atom. The summed E-state index contributed by atoms with van der Waals surface area (Å²) in [4.78, 5) is 35.3. The van der Waals surface area contributed by atoms with E-state index < -0.39 is 35.5 Å². The summed E-state index contributed by atoms with van der Waals surface area (Å²) in [6.45, 7) is 3.75. The van der Waals surface area contributed by atoms with Crippen LogP contribution in [0.2, 0.25) is 0 Å². The smallest absolute Gasteiger partial charge is 0.328 e. The molecule has 0 aliphatic rings. The minimum atomic E-state index is -0.982. The first-order chi connectivity index (χ1) is 11.7. The first-order valence-corrected chi connectivity index (χ1v) is 7.85. The molecule has 2 amide bonds. The van der Waals surface area contributed by atoms with E-state index in [1.54, 1.807) is 0 Å². The van der Waals surface area contributed by atoms with Crippen LogP contribution in [-0.2, 0) is 14.3 Å². The predicted octanol–water partition coefficient (Wildman–Crippen LogP) is 1.79. The standard InChI is InChI=1S/C17H22F2N2O4/c1-10(2)8-14(17(24)25-3)21-15(22)6-7-20-16(23)12-5-4-11(18)9-13(12)19/h4-5,9-10,14H,6-8H2,1-3H3,(H,20,23)(H,21,22). The Labute approximate surface area is 144 Å². The van der Waals surface area contributed by atoms with Gasteiger partial charge in [-0.05, 0) is 24.5 Å². The van der Waals surface area contributed by atoms with Crippen molar-refractivity contribution in [2.45, 2.75) is 32.7 Å². The number of hydrogen-bond donors (Lipinski definition) is 2. The van der Waals surface area contributed by atoms with E-state index in [1.807, 2.05) is 13.8 Å². The molecule has 1 unspecified atom stereocenters. The number of benzene rings is 1. The molecule has 0 aliphatic carbocycles. The van der Waals surface area contributed by atoms with E-state index >= 15 is 0 Å². The quantitative estimate of drug-likeness (QED) is 0.696. The fraction of sp³-hybridized carbons (Fsp3) is 0.471. The number of esters is 1. The summed E-state index contributed by atoms with van der Waals surface area (Å²) in [6.07, 6.45) is 0.325. The topological polar surface area (TPSA) is 84.5 Å². The van der Waals surface area contributed by atoms with Gasteiger partial charge in [0.25, 0.3) is 5.91 Å². The SMILES string of the molecule is COC(=O)C(CC(C)C)NC(=O)CCNC(=O)c1ccc(F)cc1F. The van der Waals surface area contributed by atoms with Crippen LogP contribution >= 0.6 is 0 Å². The summed E-state index contributed by atoms with van der Waals surface area (Å²) in [7, 11) is 1.24. The van der Waals surface area contributed by atoms with Crippen molar-refractivity contribution in [2.75, 3.05) is 13.7 Å². The zero-order valence-electron chi connectivity index (χ0n) is 14.4. The van der Waals surface area contributed by atoms with Gasteiger partial charge < -0.3 is 15.4 Å². The number of carbonyl (C=O) groups excluding carboxylic acids is 3. The average molecular weight is 356 g/mol. The molecule has 0 spiro atoms. The zero-order chi connectivity index (χ0) is 19.0. The maximum atomic E-state index is 13.5. The van der Waals surface area contributed by atoms with Crippen molar-refractivity contribution in [2.24, 2.45) is 5.92 Å². The lowest BCUT2D eigenvalue weighted by molar-refractivity contribution is -0.145. The number of nitrogens with one attached hydrogen (secondary N) is 2. The maximum absolute atomic E-state index is 13.5. The summed E-state index contributed by atoms with van der Waals surface area (Å²) < 4.78 is 30.9. The molecular weight excluding hydrogens is 334 g/mol. The van der Waals surface area contributed by atoms with Gasteiger partial charge in [0.05, 0.1) is 12.7 Å². The summed E-state index contributed by atoms with van der Waals surface area (Å²) in [5.41, 5.74) is -0.311. The average Bonchev–Trinajstić information content (AvgIpc) is 2.52. The molecule has 1 aromatic rings. The molecule has 8 heteroatoms. The predicted molar refractivity (Wildman–Crippen MR) is 86.7 cm³/mol. The van der Waals surface area contributed by atoms with Crippen molar-refractivity contribution in [1.29, 1.82) is 0 Å². The molecule has 138 valence electrons. The Balaban J connectivity index is 2.50. The lowest BCUT2D eigenvalue weighted by Gasteiger charge is -2.18. The number of methoxy groups -OCH3 is 1. The lowest BCUT2D eigenvalue weighted by atomic mass is 10.0. The molecule has 1 aromatic carbocycles. The van der Waals surface area contributed by atoms with Crippen LogP contribution in [0.4, 0.5) is 8.78 Å². The van der Waals surface area contributed by atoms with Crippen LogP contribution in [0.5, 0.6) is 0 Å². The van der Waals surface area contributed by atoms with Gasteiger partial charge in [0, 0.05) is 19.0 Å². The monoisotopic (exact) mass is 356 g/mol. The summed E-state index contributed by atoms with van der Waals surface area (Å²) >= 11 is 0. The third-order valence-corrected chi connectivity index (χ3v) is 3.34. The molecule has 0 saturated heterocycles. The molecule has 25 heavy (non-hydrogen) atoms. The van der Waals surface area contributed by atoms with Gasteiger partial charge in [0.1, 0.15) is 17.7 Å². The van der Waals surface area contributed by atoms with Crippen LogP contribution in [0.3, 0.4) is 0 Å². The molecule has 0 radical (unpaired) electrons. The third kappa shape index (κ3) is 6.86. The zero-order valence-corrected chi connectivity index (χ0v) is 14.4. The van der Waals surface area contributed by atoms with Crippen LogP contribution in [0.25, 0.3) is 0 Å². The third-order valence-electron chi connectivity index (χ3n) is 3.34. The van der Waals surface area contributed by atoms with Gasteiger partial charge in [0.15, 0.2) is 0 Å². The molecule has 0 heterocycles. The van der Waals surface area contributed by atoms with Crippen LogP contribution in [0.1, 0.15) is 37.0 Å². The highest BCUT2D eigenvalue weighted by Gasteiger charge is 2.22. The van der Waals surface area contributed by atoms with Crippen molar-refractivity contribution >= 4 is 17.8 Å². The van der Waals surface area contributed by atoms with Crippen LogP contribution in [0, 0.1) is 17.6 Å². The summed E-state index contributed by atoms with van der Waals surface area (Å²) in [6, 6.07) is 1.84. The van der Waals surface area contributed by atoms with E-state index in [0.29, 0.717) is 12.5 Å². The lowest BCUT2D eigenvalue weighted by Crippen LogP contribution is -2.43. The summed E-state index contributed by atoms with van der Waals surface area (Å²) in [5, 5.41) is 4.91. The van der Waals surface area contributed by atoms with E-state index in [9.17, 15) is 23.2 Å². The second-order valence-electron chi connectivity index (χ2n) is 5.90. The van der Waals surface area contributed by atoms with Crippen molar-refractivity contribution in [3.63, 3.8) is 0 Å². The van der Waals surface area contributed by atoms with Crippen LogP contribution < -0.4 is 10.6 Å². The molecule has 0 aromatic heterocycles. The Kier molecular flexibility index (Phi) is 7.97. The first kappa shape index (κ1) is 20.5. The number of rotatable bonds is 8. The molecular formula is C17H22F2N2O4. The molecule has 2 N–H and O–H groups in total. The van der Waals surface area contributed by atoms with E-state index in [-0.39, 0.29) is 24.4 Å². The van der Waals surface area contributed by atoms with E-state index in [2.05, 4.69) is 15.4 Å². The van der Waals surface area contributed by atoms with Crippen molar-refractivity contribution in [3.05, 3.63) is 35.4 Å². The molecule has 0 saturated carbocycles. The fourth-order valence-electron chi connectivity index (χ4n) is 2.15. The fourth-order valence-corrected chi connectivity index (χ4v) is 2.15. The minimum Gasteiger partial charge on any atom is -0.467 e. The van der Waals surface area contributed by atoms with Gasteiger partial charge in [0.2, 0.25) is 5.91 Å². The normalized spacial score (nSPS) is 11.8. The Hall–Kier alpha value is -2.51. The van der Waals surface area contributed by atoms with Crippen molar-refractivity contribution in [3.8, 4) is 0 Å². The highest BCUT2D eigenvalue weighted by atomic mass is 19.1. The van der Waals surface area contributed by atoms with Crippen molar-refractivity contribution in [1.82, 2.24) is 10.6 Å². The van der Waals surface area contributed by atoms with Gasteiger partial charge in [-0.1, -0.05) is 13.8 Å². The molecule has 6 nitrogen and oxygen atoms in total. The van der Waals surface area contributed by atoms with Gasteiger partial charge in [-0.15, -0.1) is 0 Å². The van der Waals surface area contributed by atoms with Gasteiger partial charge in [-0.2, -0.15) is 0 Å². The second-order valence-corrected chi connectivity index (χ2v) is 5.90. The second kappa shape index (κ2) is 9.71. The Bertz CT molecular complexity index is 635. The van der Waals surface area contributed by atoms with Gasteiger partial charge >= 0.3 is 5.97 Å².